The van der Waals surface area contributed by atoms with E-state index >= 15 is 0 Å². The van der Waals surface area contributed by atoms with Crippen LogP contribution in [0.1, 0.15) is 24.3 Å². The van der Waals surface area contributed by atoms with Crippen molar-refractivity contribution in [3.8, 4) is 5.69 Å². The van der Waals surface area contributed by atoms with Gasteiger partial charge in [-0.05, 0) is 57.0 Å². The number of piperidine rings is 1. The molecule has 0 aliphatic carbocycles. The average Bonchev–Trinajstić information content (AvgIpc) is 3.48. The number of rotatable bonds is 7. The summed E-state index contributed by atoms with van der Waals surface area (Å²) in [7, 11) is -3.83. The topological polar surface area (TPSA) is 139 Å². The second-order valence-corrected chi connectivity index (χ2v) is 9.99. The molecule has 1 unspecified atom stereocenters. The van der Waals surface area contributed by atoms with Crippen molar-refractivity contribution < 1.29 is 22.5 Å². The van der Waals surface area contributed by atoms with Gasteiger partial charge in [0.05, 0.1) is 18.2 Å². The van der Waals surface area contributed by atoms with Gasteiger partial charge in [0.25, 0.3) is 0 Å². The molecule has 2 N–H and O–H groups in total. The fraction of sp³-hybridized carbons (Fsp3) is 0.364. The summed E-state index contributed by atoms with van der Waals surface area (Å²) in [6.45, 7) is 3.25. The molecule has 2 amide bonds. The smallest absolute Gasteiger partial charge is 0.248 e. The van der Waals surface area contributed by atoms with Crippen LogP contribution in [0, 0.1) is 19.8 Å². The van der Waals surface area contributed by atoms with Crippen LogP contribution in [0.4, 0.5) is 5.69 Å². The molecule has 2 aromatic heterocycles. The summed E-state index contributed by atoms with van der Waals surface area (Å²) in [6.07, 6.45) is 4.57. The maximum Gasteiger partial charge on any atom is 0.248 e. The van der Waals surface area contributed by atoms with Crippen molar-refractivity contribution in [2.45, 2.75) is 31.6 Å². The van der Waals surface area contributed by atoms with Crippen LogP contribution in [0.3, 0.4) is 0 Å². The van der Waals surface area contributed by atoms with E-state index in [9.17, 15) is 18.0 Å². The molecule has 1 aliphatic heterocycles. The quantitative estimate of drug-likeness (QED) is 0.517. The van der Waals surface area contributed by atoms with Gasteiger partial charge in [-0.1, -0.05) is 5.16 Å². The molecule has 1 aromatic carbocycles. The van der Waals surface area contributed by atoms with Gasteiger partial charge in [0, 0.05) is 31.2 Å². The lowest BCUT2D eigenvalue weighted by molar-refractivity contribution is -0.128. The van der Waals surface area contributed by atoms with Crippen LogP contribution in [-0.4, -0.2) is 59.1 Å². The van der Waals surface area contributed by atoms with Gasteiger partial charge in [-0.3, -0.25) is 9.59 Å². The molecule has 0 radical (unpaired) electrons. The number of nitrogens with zero attached hydrogens (tertiary/aromatic N) is 4. The molecule has 0 saturated carbocycles. The SMILES string of the molecule is Cc1noc(C)c1S(=O)(=O)N1CCCC(C(=O)NCC(=O)Nc2ccc(-n3cccn3)cc2)C1. The number of anilines is 1. The molecule has 4 rings (SSSR count). The van der Waals surface area contributed by atoms with Crippen molar-refractivity contribution in [1.82, 2.24) is 24.6 Å². The minimum Gasteiger partial charge on any atom is -0.360 e. The minimum absolute atomic E-state index is 0.0364. The Labute approximate surface area is 197 Å². The lowest BCUT2D eigenvalue weighted by Gasteiger charge is -2.31. The largest absolute Gasteiger partial charge is 0.360 e. The predicted molar refractivity (Wildman–Crippen MR) is 123 cm³/mol. The maximum absolute atomic E-state index is 13.1. The molecule has 0 bridgehead atoms. The van der Waals surface area contributed by atoms with Crippen molar-refractivity contribution in [3.63, 3.8) is 0 Å². The number of aromatic nitrogens is 3. The van der Waals surface area contributed by atoms with E-state index < -0.39 is 15.9 Å². The summed E-state index contributed by atoms with van der Waals surface area (Å²) in [6, 6.07) is 8.94. The van der Waals surface area contributed by atoms with E-state index in [2.05, 4.69) is 20.9 Å². The molecule has 34 heavy (non-hydrogen) atoms. The maximum atomic E-state index is 13.1. The first kappa shape index (κ1) is 23.6. The molecular formula is C22H26N6O5S. The number of benzene rings is 1. The van der Waals surface area contributed by atoms with Crippen LogP contribution in [0.25, 0.3) is 5.69 Å². The first-order valence-corrected chi connectivity index (χ1v) is 12.3. The zero-order valence-electron chi connectivity index (χ0n) is 18.9. The van der Waals surface area contributed by atoms with Crippen molar-refractivity contribution in [3.05, 3.63) is 54.2 Å². The van der Waals surface area contributed by atoms with Crippen molar-refractivity contribution in [1.29, 1.82) is 0 Å². The highest BCUT2D eigenvalue weighted by Crippen LogP contribution is 2.27. The lowest BCUT2D eigenvalue weighted by atomic mass is 9.99. The van der Waals surface area contributed by atoms with Gasteiger partial charge < -0.3 is 15.2 Å². The van der Waals surface area contributed by atoms with Crippen LogP contribution >= 0.6 is 0 Å². The molecule has 0 spiro atoms. The molecule has 1 saturated heterocycles. The number of aryl methyl sites for hydroxylation is 2. The second-order valence-electron chi connectivity index (χ2n) is 8.12. The summed E-state index contributed by atoms with van der Waals surface area (Å²) >= 11 is 0. The molecular weight excluding hydrogens is 460 g/mol. The van der Waals surface area contributed by atoms with E-state index in [0.29, 0.717) is 30.8 Å². The molecule has 1 fully saturated rings. The van der Waals surface area contributed by atoms with Gasteiger partial charge in [0.1, 0.15) is 10.6 Å². The molecule has 3 heterocycles. The van der Waals surface area contributed by atoms with Crippen molar-refractivity contribution >= 4 is 27.5 Å². The molecule has 1 aliphatic rings. The zero-order chi connectivity index (χ0) is 24.3. The monoisotopic (exact) mass is 486 g/mol. The Morgan fingerprint density at radius 2 is 1.97 bits per heavy atom. The molecule has 1 atom stereocenters. The first-order chi connectivity index (χ1) is 16.3. The van der Waals surface area contributed by atoms with E-state index in [1.807, 2.05) is 24.4 Å². The number of sulfonamides is 1. The second kappa shape index (κ2) is 9.77. The van der Waals surface area contributed by atoms with Crippen molar-refractivity contribution in [2.75, 3.05) is 25.0 Å². The number of amides is 2. The van der Waals surface area contributed by atoms with Gasteiger partial charge in [-0.25, -0.2) is 13.1 Å². The fourth-order valence-corrected chi connectivity index (χ4v) is 5.80. The summed E-state index contributed by atoms with van der Waals surface area (Å²) in [5.41, 5.74) is 1.73. The Morgan fingerprint density at radius 3 is 2.62 bits per heavy atom. The Kier molecular flexibility index (Phi) is 6.80. The Balaban J connectivity index is 1.31. The average molecular weight is 487 g/mol. The standard InChI is InChI=1S/C22H26N6O5S/c1-15-21(16(2)33-26-15)34(31,32)27-11-3-5-17(14-27)22(30)23-13-20(29)25-18-6-8-19(9-7-18)28-12-4-10-24-28/h4,6-10,12,17H,3,5,11,13-14H2,1-2H3,(H,23,30)(H,25,29). The summed E-state index contributed by atoms with van der Waals surface area (Å²) in [4.78, 5) is 25.0. The fourth-order valence-electron chi connectivity index (χ4n) is 3.98. The van der Waals surface area contributed by atoms with Crippen LogP contribution in [0.2, 0.25) is 0 Å². The number of carbonyl (C=O) groups is 2. The number of carbonyl (C=O) groups excluding carboxylic acids is 2. The summed E-state index contributed by atoms with van der Waals surface area (Å²) in [5.74, 6) is -1.07. The van der Waals surface area contributed by atoms with E-state index in [1.165, 1.54) is 4.31 Å². The molecule has 3 aromatic rings. The Bertz CT molecular complexity index is 1250. The highest BCUT2D eigenvalue weighted by atomic mass is 32.2. The molecule has 12 heteroatoms. The third-order valence-corrected chi connectivity index (χ3v) is 7.77. The third-order valence-electron chi connectivity index (χ3n) is 5.66. The highest BCUT2D eigenvalue weighted by Gasteiger charge is 2.36. The minimum atomic E-state index is -3.83. The van der Waals surface area contributed by atoms with Gasteiger partial charge in [-0.2, -0.15) is 9.40 Å². The van der Waals surface area contributed by atoms with Crippen LogP contribution in [-0.2, 0) is 19.6 Å². The van der Waals surface area contributed by atoms with Crippen LogP contribution in [0.15, 0.2) is 52.1 Å². The normalized spacial score (nSPS) is 16.8. The van der Waals surface area contributed by atoms with Crippen LogP contribution < -0.4 is 10.6 Å². The highest BCUT2D eigenvalue weighted by molar-refractivity contribution is 7.89. The third kappa shape index (κ3) is 5.02. The van der Waals surface area contributed by atoms with Gasteiger partial charge in [-0.15, -0.1) is 0 Å². The van der Waals surface area contributed by atoms with E-state index in [1.54, 1.807) is 36.9 Å². The zero-order valence-corrected chi connectivity index (χ0v) is 19.7. The first-order valence-electron chi connectivity index (χ1n) is 10.9. The predicted octanol–water partition coefficient (Wildman–Crippen LogP) is 1.63. The van der Waals surface area contributed by atoms with E-state index in [4.69, 9.17) is 4.52 Å². The Hall–Kier alpha value is -3.51. The van der Waals surface area contributed by atoms with Gasteiger partial charge >= 0.3 is 0 Å². The van der Waals surface area contributed by atoms with E-state index in [-0.39, 0.29) is 35.6 Å². The van der Waals surface area contributed by atoms with Crippen LogP contribution in [0.5, 0.6) is 0 Å². The Morgan fingerprint density at radius 1 is 1.21 bits per heavy atom. The van der Waals surface area contributed by atoms with Gasteiger partial charge in [0.15, 0.2) is 5.76 Å². The number of hydrogen-bond donors (Lipinski definition) is 2. The molecule has 11 nitrogen and oxygen atoms in total. The van der Waals surface area contributed by atoms with E-state index in [0.717, 1.165) is 5.69 Å². The number of hydrogen-bond acceptors (Lipinski definition) is 7. The lowest BCUT2D eigenvalue weighted by Crippen LogP contribution is -2.46. The number of nitrogens with one attached hydrogen (secondary N) is 2. The summed E-state index contributed by atoms with van der Waals surface area (Å²) in [5, 5.41) is 13.2. The van der Waals surface area contributed by atoms with Crippen molar-refractivity contribution in [2.24, 2.45) is 5.92 Å². The molecule has 180 valence electrons. The summed E-state index contributed by atoms with van der Waals surface area (Å²) < 4.78 is 34.1. The van der Waals surface area contributed by atoms with Gasteiger partial charge in [0.2, 0.25) is 21.8 Å².